The van der Waals surface area contributed by atoms with Gasteiger partial charge < -0.3 is 11.1 Å². The van der Waals surface area contributed by atoms with Crippen molar-refractivity contribution in [1.29, 1.82) is 0 Å². The lowest BCUT2D eigenvalue weighted by molar-refractivity contribution is -0.127. The Morgan fingerprint density at radius 1 is 1.47 bits per heavy atom. The molecule has 0 aliphatic heterocycles. The van der Waals surface area contributed by atoms with Gasteiger partial charge in [0.2, 0.25) is 5.91 Å². The van der Waals surface area contributed by atoms with E-state index in [1.807, 2.05) is 0 Å². The highest BCUT2D eigenvalue weighted by Gasteiger charge is 2.28. The molecule has 0 radical (unpaired) electrons. The van der Waals surface area contributed by atoms with Gasteiger partial charge in [0.05, 0.1) is 5.92 Å². The molecule has 1 amide bonds. The van der Waals surface area contributed by atoms with Gasteiger partial charge in [-0.1, -0.05) is 26.2 Å². The number of nitrogens with one attached hydrogen (secondary N) is 1. The number of rotatable bonds is 4. The van der Waals surface area contributed by atoms with Crippen molar-refractivity contribution in [2.75, 3.05) is 0 Å². The summed E-state index contributed by atoms with van der Waals surface area (Å²) in [6, 6.07) is 0.365. The third-order valence-electron chi connectivity index (χ3n) is 3.27. The molecule has 1 fully saturated rings. The monoisotopic (exact) mass is 212 g/mol. The Kier molecular flexibility index (Phi) is 5.09. The van der Waals surface area contributed by atoms with E-state index in [2.05, 4.69) is 19.2 Å². The van der Waals surface area contributed by atoms with Crippen molar-refractivity contribution in [2.45, 2.75) is 64.5 Å². The quantitative estimate of drug-likeness (QED) is 0.746. The van der Waals surface area contributed by atoms with E-state index in [4.69, 9.17) is 5.73 Å². The third-order valence-corrected chi connectivity index (χ3v) is 3.27. The van der Waals surface area contributed by atoms with E-state index in [-0.39, 0.29) is 23.9 Å². The second kappa shape index (κ2) is 6.11. The predicted molar refractivity (Wildman–Crippen MR) is 62.4 cm³/mol. The minimum Gasteiger partial charge on any atom is -0.353 e. The van der Waals surface area contributed by atoms with Crippen molar-refractivity contribution in [3.8, 4) is 0 Å². The fourth-order valence-electron chi connectivity index (χ4n) is 2.34. The van der Waals surface area contributed by atoms with Crippen molar-refractivity contribution >= 4 is 5.91 Å². The van der Waals surface area contributed by atoms with Crippen LogP contribution in [0.5, 0.6) is 0 Å². The lowest BCUT2D eigenvalue weighted by Crippen LogP contribution is -2.46. The zero-order chi connectivity index (χ0) is 11.3. The molecular weight excluding hydrogens is 188 g/mol. The summed E-state index contributed by atoms with van der Waals surface area (Å²) < 4.78 is 0. The van der Waals surface area contributed by atoms with Crippen LogP contribution >= 0.6 is 0 Å². The molecule has 0 heterocycles. The second-order valence-electron chi connectivity index (χ2n) is 4.75. The van der Waals surface area contributed by atoms with E-state index >= 15 is 0 Å². The van der Waals surface area contributed by atoms with Crippen molar-refractivity contribution < 1.29 is 4.79 Å². The molecule has 1 saturated carbocycles. The summed E-state index contributed by atoms with van der Waals surface area (Å²) >= 11 is 0. The molecule has 0 aromatic carbocycles. The highest BCUT2D eigenvalue weighted by Crippen LogP contribution is 2.23. The first-order chi connectivity index (χ1) is 7.15. The molecule has 15 heavy (non-hydrogen) atoms. The van der Waals surface area contributed by atoms with Crippen LogP contribution in [0.3, 0.4) is 0 Å². The summed E-state index contributed by atoms with van der Waals surface area (Å²) in [6.45, 7) is 4.20. The SMILES string of the molecule is CCCC(C)NC(=O)C1CCCCC1N. The number of nitrogens with two attached hydrogens (primary N) is 1. The van der Waals surface area contributed by atoms with Gasteiger partial charge in [-0.3, -0.25) is 4.79 Å². The average molecular weight is 212 g/mol. The normalized spacial score (nSPS) is 28.5. The minimum absolute atomic E-state index is 0.0538. The third kappa shape index (κ3) is 3.82. The first kappa shape index (κ1) is 12.5. The average Bonchev–Trinajstić information content (AvgIpc) is 2.18. The lowest BCUT2D eigenvalue weighted by Gasteiger charge is -2.28. The van der Waals surface area contributed by atoms with E-state index in [1.165, 1.54) is 6.42 Å². The Hall–Kier alpha value is -0.570. The zero-order valence-electron chi connectivity index (χ0n) is 9.96. The number of hydrogen-bond donors (Lipinski definition) is 2. The van der Waals surface area contributed by atoms with Gasteiger partial charge in [0.25, 0.3) is 0 Å². The van der Waals surface area contributed by atoms with Gasteiger partial charge in [-0.05, 0) is 26.2 Å². The van der Waals surface area contributed by atoms with E-state index in [0.29, 0.717) is 0 Å². The highest BCUT2D eigenvalue weighted by molar-refractivity contribution is 5.79. The second-order valence-corrected chi connectivity index (χ2v) is 4.75. The van der Waals surface area contributed by atoms with E-state index in [9.17, 15) is 4.79 Å². The fraction of sp³-hybridized carbons (Fsp3) is 0.917. The predicted octanol–water partition coefficient (Wildman–Crippen LogP) is 1.81. The summed E-state index contributed by atoms with van der Waals surface area (Å²) in [5.41, 5.74) is 5.97. The molecule has 3 N–H and O–H groups in total. The Balaban J connectivity index is 2.37. The molecule has 0 spiro atoms. The summed E-state index contributed by atoms with van der Waals surface area (Å²) in [6.07, 6.45) is 6.45. The van der Waals surface area contributed by atoms with Gasteiger partial charge in [-0.15, -0.1) is 0 Å². The van der Waals surface area contributed by atoms with Crippen LogP contribution in [0.1, 0.15) is 52.4 Å². The largest absolute Gasteiger partial charge is 0.353 e. The van der Waals surface area contributed by atoms with Crippen LogP contribution in [0.25, 0.3) is 0 Å². The van der Waals surface area contributed by atoms with Gasteiger partial charge in [0.15, 0.2) is 0 Å². The first-order valence-electron chi connectivity index (χ1n) is 6.21. The summed E-state index contributed by atoms with van der Waals surface area (Å²) in [4.78, 5) is 11.9. The topological polar surface area (TPSA) is 55.1 Å². The molecular formula is C12H24N2O. The molecule has 0 bridgehead atoms. The molecule has 1 aliphatic carbocycles. The maximum absolute atomic E-state index is 11.9. The number of amides is 1. The fourth-order valence-corrected chi connectivity index (χ4v) is 2.34. The summed E-state index contributed by atoms with van der Waals surface area (Å²) in [7, 11) is 0. The number of carbonyl (C=O) groups is 1. The van der Waals surface area contributed by atoms with Crippen molar-refractivity contribution in [2.24, 2.45) is 11.7 Å². The summed E-state index contributed by atoms with van der Waals surface area (Å²) in [5, 5.41) is 3.06. The van der Waals surface area contributed by atoms with Crippen LogP contribution in [-0.4, -0.2) is 18.0 Å². The van der Waals surface area contributed by atoms with Gasteiger partial charge in [-0.2, -0.15) is 0 Å². The van der Waals surface area contributed by atoms with Crippen molar-refractivity contribution in [3.63, 3.8) is 0 Å². The number of hydrogen-bond acceptors (Lipinski definition) is 2. The summed E-state index contributed by atoms with van der Waals surface area (Å²) in [5.74, 6) is 0.223. The molecule has 3 atom stereocenters. The minimum atomic E-state index is 0.0538. The zero-order valence-corrected chi connectivity index (χ0v) is 9.96. The van der Waals surface area contributed by atoms with Crippen LogP contribution in [0.4, 0.5) is 0 Å². The maximum Gasteiger partial charge on any atom is 0.224 e. The maximum atomic E-state index is 11.9. The highest BCUT2D eigenvalue weighted by atomic mass is 16.2. The van der Waals surface area contributed by atoms with Crippen LogP contribution in [-0.2, 0) is 4.79 Å². The lowest BCUT2D eigenvalue weighted by atomic mass is 9.84. The van der Waals surface area contributed by atoms with Gasteiger partial charge in [-0.25, -0.2) is 0 Å². The van der Waals surface area contributed by atoms with Gasteiger partial charge in [0.1, 0.15) is 0 Å². The molecule has 3 unspecified atom stereocenters. The van der Waals surface area contributed by atoms with Crippen LogP contribution in [0, 0.1) is 5.92 Å². The molecule has 0 aromatic heterocycles. The van der Waals surface area contributed by atoms with E-state index in [0.717, 1.165) is 32.1 Å². The van der Waals surface area contributed by atoms with Crippen molar-refractivity contribution in [3.05, 3.63) is 0 Å². The number of carbonyl (C=O) groups excluding carboxylic acids is 1. The molecule has 3 heteroatoms. The Labute approximate surface area is 92.8 Å². The Bertz CT molecular complexity index is 206. The molecule has 1 aliphatic rings. The van der Waals surface area contributed by atoms with Crippen LogP contribution in [0.15, 0.2) is 0 Å². The first-order valence-corrected chi connectivity index (χ1v) is 6.21. The van der Waals surface area contributed by atoms with E-state index in [1.54, 1.807) is 0 Å². The molecule has 1 rings (SSSR count). The van der Waals surface area contributed by atoms with Gasteiger partial charge in [0, 0.05) is 12.1 Å². The van der Waals surface area contributed by atoms with E-state index < -0.39 is 0 Å². The Morgan fingerprint density at radius 2 is 2.13 bits per heavy atom. The standard InChI is InChI=1S/C12H24N2O/c1-3-6-9(2)14-12(15)10-7-4-5-8-11(10)13/h9-11H,3-8,13H2,1-2H3,(H,14,15). The van der Waals surface area contributed by atoms with Gasteiger partial charge >= 0.3 is 0 Å². The smallest absolute Gasteiger partial charge is 0.224 e. The van der Waals surface area contributed by atoms with Crippen molar-refractivity contribution in [1.82, 2.24) is 5.32 Å². The molecule has 88 valence electrons. The van der Waals surface area contributed by atoms with Crippen LogP contribution < -0.4 is 11.1 Å². The molecule has 3 nitrogen and oxygen atoms in total. The van der Waals surface area contributed by atoms with Crippen LogP contribution in [0.2, 0.25) is 0 Å². The molecule has 0 aromatic rings. The Morgan fingerprint density at radius 3 is 2.73 bits per heavy atom. The molecule has 0 saturated heterocycles.